The van der Waals surface area contributed by atoms with Crippen LogP contribution in [-0.2, 0) is 4.74 Å². The van der Waals surface area contributed by atoms with Crippen LogP contribution in [0.1, 0.15) is 12.5 Å². The van der Waals surface area contributed by atoms with Gasteiger partial charge in [0, 0.05) is 5.69 Å². The van der Waals surface area contributed by atoms with Crippen molar-refractivity contribution in [1.82, 2.24) is 5.32 Å². The SMILES string of the molecule is CCOC(=S)NC(=O)Nc1ccc(C)cc1. The number of rotatable bonds is 2. The van der Waals surface area contributed by atoms with E-state index in [1.807, 2.05) is 31.2 Å². The maximum absolute atomic E-state index is 11.4. The van der Waals surface area contributed by atoms with Crippen LogP contribution in [-0.4, -0.2) is 17.8 Å². The number of aryl methyl sites for hydroxylation is 1. The fourth-order valence-electron chi connectivity index (χ4n) is 1.06. The third-order valence-corrected chi connectivity index (χ3v) is 2.02. The van der Waals surface area contributed by atoms with Gasteiger partial charge in [-0.3, -0.25) is 5.32 Å². The molecule has 0 saturated heterocycles. The number of hydrogen-bond acceptors (Lipinski definition) is 3. The predicted molar refractivity (Wildman–Crippen MR) is 67.6 cm³/mol. The minimum absolute atomic E-state index is 0.0760. The summed E-state index contributed by atoms with van der Waals surface area (Å²) in [6, 6.07) is 7.06. The molecule has 0 unspecified atom stereocenters. The van der Waals surface area contributed by atoms with E-state index in [0.29, 0.717) is 12.3 Å². The second kappa shape index (κ2) is 6.07. The molecule has 0 atom stereocenters. The van der Waals surface area contributed by atoms with Crippen molar-refractivity contribution in [3.63, 3.8) is 0 Å². The average molecular weight is 238 g/mol. The van der Waals surface area contributed by atoms with Crippen LogP contribution < -0.4 is 10.6 Å². The van der Waals surface area contributed by atoms with E-state index in [1.54, 1.807) is 6.92 Å². The standard InChI is InChI=1S/C11H14N2O2S/c1-3-15-11(16)13-10(14)12-9-6-4-8(2)5-7-9/h4-7H,3H2,1-2H3,(H2,12,13,14,16). The third kappa shape index (κ3) is 4.27. The van der Waals surface area contributed by atoms with Gasteiger partial charge < -0.3 is 10.1 Å². The Morgan fingerprint density at radius 3 is 2.56 bits per heavy atom. The Labute approximate surface area is 100.0 Å². The fourth-order valence-corrected chi connectivity index (χ4v) is 1.27. The smallest absolute Gasteiger partial charge is 0.326 e. The molecule has 1 aromatic rings. The van der Waals surface area contributed by atoms with E-state index in [2.05, 4.69) is 10.6 Å². The van der Waals surface area contributed by atoms with Gasteiger partial charge in [0.25, 0.3) is 5.17 Å². The number of urea groups is 1. The van der Waals surface area contributed by atoms with Gasteiger partial charge in [0.15, 0.2) is 0 Å². The fraction of sp³-hybridized carbons (Fsp3) is 0.273. The van der Waals surface area contributed by atoms with Crippen molar-refractivity contribution >= 4 is 29.1 Å². The Balaban J connectivity index is 2.45. The molecule has 0 aromatic heterocycles. The Morgan fingerprint density at radius 2 is 2.00 bits per heavy atom. The number of anilines is 1. The molecule has 0 aliphatic carbocycles. The van der Waals surface area contributed by atoms with Gasteiger partial charge >= 0.3 is 6.03 Å². The van der Waals surface area contributed by atoms with E-state index in [-0.39, 0.29) is 5.17 Å². The Bertz CT molecular complexity index is 376. The molecule has 0 bridgehead atoms. The van der Waals surface area contributed by atoms with Crippen molar-refractivity contribution in [2.75, 3.05) is 11.9 Å². The molecule has 0 aliphatic rings. The second-order valence-corrected chi connectivity index (χ2v) is 3.54. The zero-order valence-corrected chi connectivity index (χ0v) is 10.1. The molecule has 0 fully saturated rings. The first-order valence-electron chi connectivity index (χ1n) is 4.93. The first-order valence-corrected chi connectivity index (χ1v) is 5.34. The topological polar surface area (TPSA) is 50.4 Å². The number of carbonyl (C=O) groups is 1. The monoisotopic (exact) mass is 238 g/mol. The summed E-state index contributed by atoms with van der Waals surface area (Å²) in [4.78, 5) is 11.4. The molecule has 2 amide bonds. The lowest BCUT2D eigenvalue weighted by atomic mass is 10.2. The highest BCUT2D eigenvalue weighted by molar-refractivity contribution is 7.80. The third-order valence-electron chi connectivity index (χ3n) is 1.80. The molecule has 0 saturated carbocycles. The summed E-state index contributed by atoms with van der Waals surface area (Å²) in [5.74, 6) is 0. The van der Waals surface area contributed by atoms with E-state index in [4.69, 9.17) is 17.0 Å². The van der Waals surface area contributed by atoms with Crippen LogP contribution in [0.5, 0.6) is 0 Å². The van der Waals surface area contributed by atoms with Crippen LogP contribution in [0.2, 0.25) is 0 Å². The van der Waals surface area contributed by atoms with Gasteiger partial charge in [-0.05, 0) is 38.2 Å². The maximum Gasteiger partial charge on any atom is 0.326 e. The molecule has 1 aromatic carbocycles. The van der Waals surface area contributed by atoms with Crippen molar-refractivity contribution in [1.29, 1.82) is 0 Å². The highest BCUT2D eigenvalue weighted by Crippen LogP contribution is 2.07. The molecule has 0 aliphatic heterocycles. The van der Waals surface area contributed by atoms with Crippen molar-refractivity contribution in [3.8, 4) is 0 Å². The molecule has 5 heteroatoms. The lowest BCUT2D eigenvalue weighted by Gasteiger charge is -2.08. The minimum atomic E-state index is -0.401. The van der Waals surface area contributed by atoms with E-state index in [0.717, 1.165) is 5.56 Å². The van der Waals surface area contributed by atoms with Crippen LogP contribution in [0.25, 0.3) is 0 Å². The number of ether oxygens (including phenoxy) is 1. The molecule has 86 valence electrons. The number of thiocarbonyl (C=S) groups is 1. The highest BCUT2D eigenvalue weighted by atomic mass is 32.1. The average Bonchev–Trinajstić information content (AvgIpc) is 2.21. The molecule has 16 heavy (non-hydrogen) atoms. The van der Waals surface area contributed by atoms with Gasteiger partial charge in [-0.1, -0.05) is 17.7 Å². The molecular formula is C11H14N2O2S. The summed E-state index contributed by atoms with van der Waals surface area (Å²) in [7, 11) is 0. The summed E-state index contributed by atoms with van der Waals surface area (Å²) in [5, 5.41) is 5.12. The van der Waals surface area contributed by atoms with E-state index >= 15 is 0 Å². The van der Waals surface area contributed by atoms with E-state index in [1.165, 1.54) is 0 Å². The number of nitrogens with one attached hydrogen (secondary N) is 2. The summed E-state index contributed by atoms with van der Waals surface area (Å²) in [6.07, 6.45) is 0. The van der Waals surface area contributed by atoms with Crippen LogP contribution >= 0.6 is 12.2 Å². The summed E-state index contributed by atoms with van der Waals surface area (Å²) in [5.41, 5.74) is 1.85. The molecule has 0 heterocycles. The number of amides is 2. The van der Waals surface area contributed by atoms with Gasteiger partial charge in [0.1, 0.15) is 0 Å². The van der Waals surface area contributed by atoms with E-state index < -0.39 is 6.03 Å². The van der Waals surface area contributed by atoms with Crippen molar-refractivity contribution in [2.24, 2.45) is 0 Å². The summed E-state index contributed by atoms with van der Waals surface area (Å²) in [6.45, 7) is 4.21. The Kier molecular flexibility index (Phi) is 4.72. The van der Waals surface area contributed by atoms with E-state index in [9.17, 15) is 4.79 Å². The number of carbonyl (C=O) groups excluding carboxylic acids is 1. The number of hydrogen-bond donors (Lipinski definition) is 2. The quantitative estimate of drug-likeness (QED) is 0.778. The highest BCUT2D eigenvalue weighted by Gasteiger charge is 2.04. The first-order chi connectivity index (χ1) is 7.61. The molecule has 2 N–H and O–H groups in total. The van der Waals surface area contributed by atoms with Gasteiger partial charge in [-0.25, -0.2) is 4.79 Å². The zero-order valence-electron chi connectivity index (χ0n) is 9.24. The lowest BCUT2D eigenvalue weighted by molar-refractivity contribution is 0.251. The van der Waals surface area contributed by atoms with Crippen LogP contribution in [0.3, 0.4) is 0 Å². The summed E-state index contributed by atoms with van der Waals surface area (Å²) >= 11 is 4.77. The van der Waals surface area contributed by atoms with Crippen molar-refractivity contribution in [3.05, 3.63) is 29.8 Å². The van der Waals surface area contributed by atoms with Crippen LogP contribution in [0, 0.1) is 6.92 Å². The lowest BCUT2D eigenvalue weighted by Crippen LogP contribution is -2.34. The van der Waals surface area contributed by atoms with Crippen molar-refractivity contribution < 1.29 is 9.53 Å². The normalized spacial score (nSPS) is 9.38. The minimum Gasteiger partial charge on any atom is -0.471 e. The number of benzene rings is 1. The van der Waals surface area contributed by atoms with Crippen molar-refractivity contribution in [2.45, 2.75) is 13.8 Å². The first kappa shape index (κ1) is 12.4. The molecule has 4 nitrogen and oxygen atoms in total. The maximum atomic E-state index is 11.4. The molecule has 0 spiro atoms. The Morgan fingerprint density at radius 1 is 1.38 bits per heavy atom. The Hall–Kier alpha value is -1.62. The molecule has 1 rings (SSSR count). The molecule has 0 radical (unpaired) electrons. The van der Waals surface area contributed by atoms with Gasteiger partial charge in [-0.2, -0.15) is 0 Å². The van der Waals surface area contributed by atoms with Gasteiger partial charge in [0.2, 0.25) is 0 Å². The zero-order chi connectivity index (χ0) is 12.0. The van der Waals surface area contributed by atoms with Gasteiger partial charge in [0.05, 0.1) is 6.61 Å². The molecular weight excluding hydrogens is 224 g/mol. The predicted octanol–water partition coefficient (Wildman–Crippen LogP) is 2.44. The largest absolute Gasteiger partial charge is 0.471 e. The van der Waals surface area contributed by atoms with Crippen LogP contribution in [0.15, 0.2) is 24.3 Å². The summed E-state index contributed by atoms with van der Waals surface area (Å²) < 4.78 is 4.93. The van der Waals surface area contributed by atoms with Crippen LogP contribution in [0.4, 0.5) is 10.5 Å². The van der Waals surface area contributed by atoms with Gasteiger partial charge in [-0.15, -0.1) is 0 Å². The second-order valence-electron chi connectivity index (χ2n) is 3.17.